The van der Waals surface area contributed by atoms with Crippen molar-refractivity contribution >= 4 is 0 Å². The second-order valence-corrected chi connectivity index (χ2v) is 3.44. The first kappa shape index (κ1) is 12.8. The van der Waals surface area contributed by atoms with Gasteiger partial charge < -0.3 is 19.9 Å². The van der Waals surface area contributed by atoms with Gasteiger partial charge >= 0.3 is 0 Å². The molecule has 4 heteroatoms. The average molecular weight is 225 g/mol. The third-order valence-electron chi connectivity index (χ3n) is 2.17. The molecule has 0 heterocycles. The fraction of sp³-hybridized carbons (Fsp3) is 0.500. The number of methoxy groups -OCH3 is 1. The molecule has 0 amide bonds. The van der Waals surface area contributed by atoms with E-state index in [2.05, 4.69) is 5.32 Å². The summed E-state index contributed by atoms with van der Waals surface area (Å²) >= 11 is 0. The molecular weight excluding hydrogens is 206 g/mol. The molecule has 0 aliphatic rings. The van der Waals surface area contributed by atoms with Crippen molar-refractivity contribution < 1.29 is 14.6 Å². The van der Waals surface area contributed by atoms with Crippen LogP contribution in [0.1, 0.15) is 12.0 Å². The highest BCUT2D eigenvalue weighted by atomic mass is 16.5. The number of hydrogen-bond acceptors (Lipinski definition) is 4. The van der Waals surface area contributed by atoms with Crippen LogP contribution in [0, 0.1) is 0 Å². The Balaban J connectivity index is 2.68. The van der Waals surface area contributed by atoms with Gasteiger partial charge in [0.25, 0.3) is 0 Å². The van der Waals surface area contributed by atoms with Gasteiger partial charge in [0.1, 0.15) is 0 Å². The van der Waals surface area contributed by atoms with Crippen LogP contribution in [0.2, 0.25) is 0 Å². The van der Waals surface area contributed by atoms with E-state index >= 15 is 0 Å². The second-order valence-electron chi connectivity index (χ2n) is 3.44. The predicted octanol–water partition coefficient (Wildman–Crippen LogP) is 1.18. The third kappa shape index (κ3) is 3.72. The van der Waals surface area contributed by atoms with Crippen LogP contribution in [0.5, 0.6) is 11.5 Å². The summed E-state index contributed by atoms with van der Waals surface area (Å²) < 4.78 is 10.7. The minimum Gasteiger partial charge on any atom is -0.493 e. The van der Waals surface area contributed by atoms with Crippen molar-refractivity contribution in [3.8, 4) is 11.5 Å². The van der Waals surface area contributed by atoms with Crippen LogP contribution in [0.25, 0.3) is 0 Å². The molecule has 0 saturated carbocycles. The molecule has 1 aromatic rings. The number of rotatable bonds is 7. The largest absolute Gasteiger partial charge is 0.493 e. The first-order valence-corrected chi connectivity index (χ1v) is 5.37. The fourth-order valence-electron chi connectivity index (χ4n) is 1.39. The molecule has 1 rings (SSSR count). The maximum Gasteiger partial charge on any atom is 0.161 e. The van der Waals surface area contributed by atoms with Gasteiger partial charge in [-0.1, -0.05) is 6.07 Å². The van der Waals surface area contributed by atoms with Crippen molar-refractivity contribution in [3.05, 3.63) is 23.8 Å². The third-order valence-corrected chi connectivity index (χ3v) is 2.17. The lowest BCUT2D eigenvalue weighted by molar-refractivity contribution is 0.228. The standard InChI is InChI=1S/C12H19NO3/c1-13-9-10-4-5-11(12(8-10)15-2)16-7-3-6-14/h4-5,8,13-14H,3,6-7,9H2,1-2H3. The van der Waals surface area contributed by atoms with Gasteiger partial charge in [0.05, 0.1) is 13.7 Å². The molecule has 2 N–H and O–H groups in total. The van der Waals surface area contributed by atoms with Crippen LogP contribution < -0.4 is 14.8 Å². The topological polar surface area (TPSA) is 50.7 Å². The molecule has 0 unspecified atom stereocenters. The first-order chi connectivity index (χ1) is 7.81. The maximum absolute atomic E-state index is 8.67. The summed E-state index contributed by atoms with van der Waals surface area (Å²) in [5, 5.41) is 11.7. The van der Waals surface area contributed by atoms with Gasteiger partial charge in [0.2, 0.25) is 0 Å². The minimum absolute atomic E-state index is 0.139. The molecule has 0 aliphatic carbocycles. The molecule has 0 spiro atoms. The minimum atomic E-state index is 0.139. The van der Waals surface area contributed by atoms with Crippen molar-refractivity contribution in [3.63, 3.8) is 0 Å². The van der Waals surface area contributed by atoms with Gasteiger partial charge in [-0.3, -0.25) is 0 Å². The highest BCUT2D eigenvalue weighted by Crippen LogP contribution is 2.28. The molecule has 1 aromatic carbocycles. The van der Waals surface area contributed by atoms with Crippen molar-refractivity contribution in [2.75, 3.05) is 27.4 Å². The highest BCUT2D eigenvalue weighted by Gasteiger charge is 2.05. The zero-order valence-electron chi connectivity index (χ0n) is 9.82. The molecule has 4 nitrogen and oxygen atoms in total. The molecule has 0 atom stereocenters. The summed E-state index contributed by atoms with van der Waals surface area (Å²) in [5.74, 6) is 1.45. The van der Waals surface area contributed by atoms with E-state index in [0.29, 0.717) is 13.0 Å². The van der Waals surface area contributed by atoms with Gasteiger partial charge in [0, 0.05) is 19.6 Å². The maximum atomic E-state index is 8.67. The SMILES string of the molecule is CNCc1ccc(OCCCO)c(OC)c1. The summed E-state index contributed by atoms with van der Waals surface area (Å²) in [7, 11) is 3.52. The van der Waals surface area contributed by atoms with Gasteiger partial charge in [-0.2, -0.15) is 0 Å². The fourth-order valence-corrected chi connectivity index (χ4v) is 1.39. The Kier molecular flexibility index (Phi) is 5.67. The van der Waals surface area contributed by atoms with E-state index in [-0.39, 0.29) is 6.61 Å². The van der Waals surface area contributed by atoms with E-state index < -0.39 is 0 Å². The molecular formula is C12H19NO3. The summed E-state index contributed by atoms with van der Waals surface area (Å²) in [6, 6.07) is 5.83. The summed E-state index contributed by atoms with van der Waals surface area (Å²) in [6.07, 6.45) is 0.626. The van der Waals surface area contributed by atoms with Gasteiger partial charge in [-0.05, 0) is 24.7 Å². The lowest BCUT2D eigenvalue weighted by Crippen LogP contribution is -2.06. The molecule has 16 heavy (non-hydrogen) atoms. The number of aliphatic hydroxyl groups is 1. The van der Waals surface area contributed by atoms with Crippen molar-refractivity contribution in [1.29, 1.82) is 0 Å². The van der Waals surface area contributed by atoms with E-state index in [1.807, 2.05) is 25.2 Å². The molecule has 0 aromatic heterocycles. The summed E-state index contributed by atoms with van der Waals surface area (Å²) in [5.41, 5.74) is 1.15. The van der Waals surface area contributed by atoms with Crippen LogP contribution in [-0.2, 0) is 6.54 Å². The number of aliphatic hydroxyl groups excluding tert-OH is 1. The molecule has 0 aliphatic heterocycles. The Hall–Kier alpha value is -1.26. The van der Waals surface area contributed by atoms with Crippen molar-refractivity contribution in [2.24, 2.45) is 0 Å². The zero-order chi connectivity index (χ0) is 11.8. The Morgan fingerprint density at radius 1 is 1.31 bits per heavy atom. The van der Waals surface area contributed by atoms with Crippen molar-refractivity contribution in [1.82, 2.24) is 5.32 Å². The number of benzene rings is 1. The smallest absolute Gasteiger partial charge is 0.161 e. The molecule has 0 radical (unpaired) electrons. The van der Waals surface area contributed by atoms with E-state index in [1.165, 1.54) is 0 Å². The van der Waals surface area contributed by atoms with Crippen molar-refractivity contribution in [2.45, 2.75) is 13.0 Å². The predicted molar refractivity (Wildman–Crippen MR) is 63.0 cm³/mol. The second kappa shape index (κ2) is 7.09. The zero-order valence-corrected chi connectivity index (χ0v) is 9.82. The van der Waals surface area contributed by atoms with Gasteiger partial charge in [0.15, 0.2) is 11.5 Å². The van der Waals surface area contributed by atoms with E-state index in [9.17, 15) is 0 Å². The summed E-state index contributed by atoms with van der Waals surface area (Å²) in [4.78, 5) is 0. The van der Waals surface area contributed by atoms with E-state index in [4.69, 9.17) is 14.6 Å². The molecule has 0 fully saturated rings. The normalized spacial score (nSPS) is 10.2. The van der Waals surface area contributed by atoms with Crippen LogP contribution >= 0.6 is 0 Å². The number of nitrogens with one attached hydrogen (secondary N) is 1. The molecule has 0 bridgehead atoms. The average Bonchev–Trinajstić information content (AvgIpc) is 2.31. The lowest BCUT2D eigenvalue weighted by atomic mass is 10.2. The van der Waals surface area contributed by atoms with E-state index in [1.54, 1.807) is 7.11 Å². The Morgan fingerprint density at radius 2 is 2.12 bits per heavy atom. The van der Waals surface area contributed by atoms with Crippen LogP contribution in [0.4, 0.5) is 0 Å². The Bertz CT molecular complexity index is 315. The van der Waals surface area contributed by atoms with Crippen LogP contribution in [-0.4, -0.2) is 32.5 Å². The summed E-state index contributed by atoms with van der Waals surface area (Å²) in [6.45, 7) is 1.44. The van der Waals surface area contributed by atoms with Gasteiger partial charge in [-0.15, -0.1) is 0 Å². The quantitative estimate of drug-likeness (QED) is 0.684. The van der Waals surface area contributed by atoms with Crippen LogP contribution in [0.15, 0.2) is 18.2 Å². The van der Waals surface area contributed by atoms with Gasteiger partial charge in [-0.25, -0.2) is 0 Å². The molecule has 90 valence electrons. The Labute approximate surface area is 96.2 Å². The molecule has 0 saturated heterocycles. The number of hydrogen-bond donors (Lipinski definition) is 2. The lowest BCUT2D eigenvalue weighted by Gasteiger charge is -2.11. The van der Waals surface area contributed by atoms with E-state index in [0.717, 1.165) is 23.6 Å². The van der Waals surface area contributed by atoms with Crippen LogP contribution in [0.3, 0.4) is 0 Å². The Morgan fingerprint density at radius 3 is 2.75 bits per heavy atom. The first-order valence-electron chi connectivity index (χ1n) is 5.37. The highest BCUT2D eigenvalue weighted by molar-refractivity contribution is 5.42. The number of ether oxygens (including phenoxy) is 2. The monoisotopic (exact) mass is 225 g/mol.